The van der Waals surface area contributed by atoms with Crippen molar-refractivity contribution in [1.82, 2.24) is 19.5 Å². The van der Waals surface area contributed by atoms with Crippen LogP contribution in [0.2, 0.25) is 0 Å². The predicted octanol–water partition coefficient (Wildman–Crippen LogP) is -3.02. The van der Waals surface area contributed by atoms with E-state index in [-0.39, 0.29) is 22.5 Å². The average molecular weight is 664 g/mol. The first-order valence-electron chi connectivity index (χ1n) is 12.6. The summed E-state index contributed by atoms with van der Waals surface area (Å²) in [7, 11) is -10.7. The first-order valence-corrected chi connectivity index (χ1v) is 15.6. The Kier molecular flexibility index (Phi) is 9.13. The average Bonchev–Trinajstić information content (AvgIpc) is 3.60. The number of phosphoric acid groups is 2. The molecule has 3 aromatic heterocycles. The number of aliphatic hydroxyl groups excluding tert-OH is 4. The number of nitrogens with zero attached hydrogens (tertiary/aromatic N) is 5. The number of aliphatic hydroxyl groups is 4. The molecule has 2 saturated heterocycles. The fourth-order valence-electron chi connectivity index (χ4n) is 4.61. The van der Waals surface area contributed by atoms with Crippen molar-refractivity contribution in [3.8, 4) is 0 Å². The predicted molar refractivity (Wildman–Crippen MR) is 139 cm³/mol. The summed E-state index contributed by atoms with van der Waals surface area (Å²) in [5.74, 6) is -0.727. The first-order chi connectivity index (χ1) is 20.7. The van der Waals surface area contributed by atoms with Crippen LogP contribution in [0.4, 0.5) is 5.82 Å². The van der Waals surface area contributed by atoms with Gasteiger partial charge in [-0.1, -0.05) is 0 Å². The van der Waals surface area contributed by atoms with Crippen molar-refractivity contribution in [1.29, 1.82) is 0 Å². The molecule has 3 aromatic rings. The molecule has 21 nitrogen and oxygen atoms in total. The maximum absolute atomic E-state index is 13.3. The van der Waals surface area contributed by atoms with Gasteiger partial charge in [-0.15, -0.1) is 0 Å². The third kappa shape index (κ3) is 6.65. The Morgan fingerprint density at radius 2 is 1.66 bits per heavy atom. The number of primary amides is 1. The molecule has 2 aliphatic rings. The summed E-state index contributed by atoms with van der Waals surface area (Å²) in [4.78, 5) is 42.0. The smallest absolute Gasteiger partial charge is 0.387 e. The van der Waals surface area contributed by atoms with Crippen LogP contribution in [0.1, 0.15) is 22.8 Å². The number of anilines is 1. The number of pyridine rings is 1. The van der Waals surface area contributed by atoms with E-state index in [1.165, 1.54) is 40.0 Å². The zero-order valence-electron chi connectivity index (χ0n) is 22.2. The molecular formula is C21H28N7O14P2+. The zero-order chi connectivity index (χ0) is 32.0. The Bertz CT molecular complexity index is 1620. The standard InChI is InChI=1S/C21H27N7O14P2/c22-17-12-19(25-7-24-17)28(8-26-12)21-16(32)14(30)11(41-21)6-39-44(37,42-43(34,35)36)38-5-10-13(29)15(31)20(40-10)27-3-1-2-9(4-27)18(23)33/h1-4,7-8,10-11,13-16,20-21,29-32H,5-6H2,(H5-,22,23,24,25,33,34,35,36)/p+1. The Morgan fingerprint density at radius 1 is 1.00 bits per heavy atom. The van der Waals surface area contributed by atoms with E-state index in [4.69, 9.17) is 30.0 Å². The van der Waals surface area contributed by atoms with E-state index in [0.29, 0.717) is 0 Å². The third-order valence-electron chi connectivity index (χ3n) is 6.74. The Balaban J connectivity index is 1.27. The molecule has 0 aliphatic carbocycles. The number of hydrogen-bond donors (Lipinski definition) is 8. The molecular weight excluding hydrogens is 636 g/mol. The second kappa shape index (κ2) is 12.4. The number of ether oxygens (including phenoxy) is 2. The van der Waals surface area contributed by atoms with Crippen LogP contribution in [0.25, 0.3) is 11.2 Å². The van der Waals surface area contributed by atoms with Gasteiger partial charge in [-0.05, 0) is 6.07 Å². The molecule has 2 aliphatic heterocycles. The fraction of sp³-hybridized carbons (Fsp3) is 0.476. The number of carbonyl (C=O) groups is 1. The van der Waals surface area contributed by atoms with Crippen LogP contribution >= 0.6 is 15.6 Å². The van der Waals surface area contributed by atoms with Crippen LogP contribution in [0.15, 0.2) is 37.2 Å². The van der Waals surface area contributed by atoms with E-state index >= 15 is 0 Å². The molecule has 240 valence electrons. The minimum atomic E-state index is -5.53. The molecule has 0 spiro atoms. The Labute approximate surface area is 246 Å². The normalized spacial score (nSPS) is 30.5. The van der Waals surface area contributed by atoms with Gasteiger partial charge in [0.1, 0.15) is 47.9 Å². The van der Waals surface area contributed by atoms with Crippen molar-refractivity contribution >= 4 is 38.5 Å². The summed E-state index contributed by atoms with van der Waals surface area (Å²) in [6, 6.07) is 2.83. The highest BCUT2D eigenvalue weighted by molar-refractivity contribution is 7.61. The number of imidazole rings is 1. The van der Waals surface area contributed by atoms with Crippen LogP contribution in [-0.4, -0.2) is 105 Å². The number of fused-ring (bicyclic) bond motifs is 1. The van der Waals surface area contributed by atoms with E-state index in [2.05, 4.69) is 19.3 Å². The minimum Gasteiger partial charge on any atom is -0.387 e. The molecule has 0 aromatic carbocycles. The topological polar surface area (TPSA) is 318 Å². The second-order valence-electron chi connectivity index (χ2n) is 9.69. The van der Waals surface area contributed by atoms with Crippen molar-refractivity contribution in [2.45, 2.75) is 49.1 Å². The molecule has 9 unspecified atom stereocenters. The molecule has 0 saturated carbocycles. The van der Waals surface area contributed by atoms with Gasteiger partial charge in [0.15, 0.2) is 36.2 Å². The molecule has 5 heterocycles. The van der Waals surface area contributed by atoms with Crippen molar-refractivity contribution in [2.24, 2.45) is 5.73 Å². The SMILES string of the molecule is NC(=O)c1ccc[n+](C2OC(COP(=O)(OCC3OC(n4cnc5c(N)ncnc54)C(O)C3O)OP(=O)(O)O)C(O)C2O)c1. The van der Waals surface area contributed by atoms with Crippen LogP contribution in [0.5, 0.6) is 0 Å². The molecule has 2 fully saturated rings. The molecule has 9 atom stereocenters. The summed E-state index contributed by atoms with van der Waals surface area (Å²) in [5.41, 5.74) is 11.4. The van der Waals surface area contributed by atoms with E-state index in [9.17, 15) is 44.1 Å². The van der Waals surface area contributed by atoms with Gasteiger partial charge in [0, 0.05) is 6.07 Å². The molecule has 0 radical (unpaired) electrons. The number of nitrogen functional groups attached to an aromatic ring is 1. The van der Waals surface area contributed by atoms with E-state index < -0.39 is 83.8 Å². The van der Waals surface area contributed by atoms with Gasteiger partial charge >= 0.3 is 15.6 Å². The van der Waals surface area contributed by atoms with Gasteiger partial charge in [-0.25, -0.2) is 24.1 Å². The highest BCUT2D eigenvalue weighted by Crippen LogP contribution is 2.61. The van der Waals surface area contributed by atoms with Gasteiger partial charge in [-0.3, -0.25) is 18.4 Å². The monoisotopic (exact) mass is 664 g/mol. The zero-order valence-corrected chi connectivity index (χ0v) is 24.0. The lowest BCUT2D eigenvalue weighted by Gasteiger charge is -2.22. The minimum absolute atomic E-state index is 0.0438. The molecule has 5 rings (SSSR count). The van der Waals surface area contributed by atoms with E-state index in [1.807, 2.05) is 0 Å². The van der Waals surface area contributed by atoms with Gasteiger partial charge in [0.05, 0.1) is 19.5 Å². The number of phosphoric ester groups is 1. The second-order valence-corrected chi connectivity index (χ2v) is 12.7. The highest BCUT2D eigenvalue weighted by Gasteiger charge is 2.51. The third-order valence-corrected chi connectivity index (χ3v) is 9.32. The van der Waals surface area contributed by atoms with Crippen molar-refractivity contribution in [2.75, 3.05) is 18.9 Å². The summed E-state index contributed by atoms with van der Waals surface area (Å²) in [6.07, 6.45) is -7.00. The Morgan fingerprint density at radius 3 is 2.32 bits per heavy atom. The molecule has 1 amide bonds. The fourth-order valence-corrected chi connectivity index (χ4v) is 6.76. The van der Waals surface area contributed by atoms with Crippen molar-refractivity contribution in [3.63, 3.8) is 0 Å². The lowest BCUT2D eigenvalue weighted by atomic mass is 10.1. The van der Waals surface area contributed by atoms with Gasteiger partial charge in [0.25, 0.3) is 12.1 Å². The maximum atomic E-state index is 13.3. The summed E-state index contributed by atoms with van der Waals surface area (Å²) in [6.45, 7) is -1.77. The molecule has 0 bridgehead atoms. The number of nitrogens with two attached hydrogens (primary N) is 2. The molecule has 44 heavy (non-hydrogen) atoms. The van der Waals surface area contributed by atoms with Crippen LogP contribution in [-0.2, 0) is 32.0 Å². The Hall–Kier alpha value is -3.01. The number of rotatable bonds is 11. The quantitative estimate of drug-likeness (QED) is 0.0747. The summed E-state index contributed by atoms with van der Waals surface area (Å²) >= 11 is 0. The van der Waals surface area contributed by atoms with Gasteiger partial charge in [-0.2, -0.15) is 8.88 Å². The number of aromatic nitrogens is 5. The van der Waals surface area contributed by atoms with Crippen LogP contribution in [0.3, 0.4) is 0 Å². The highest BCUT2D eigenvalue weighted by atomic mass is 31.3. The lowest BCUT2D eigenvalue weighted by Crippen LogP contribution is -2.46. The lowest BCUT2D eigenvalue weighted by molar-refractivity contribution is -0.765. The van der Waals surface area contributed by atoms with Crippen LogP contribution < -0.4 is 16.0 Å². The van der Waals surface area contributed by atoms with E-state index in [0.717, 1.165) is 6.33 Å². The summed E-state index contributed by atoms with van der Waals surface area (Å²) in [5, 5.41) is 42.1. The number of hydrogen-bond acceptors (Lipinski definition) is 16. The van der Waals surface area contributed by atoms with Gasteiger partial charge in [0.2, 0.25) is 0 Å². The number of carbonyl (C=O) groups excluding carboxylic acids is 1. The summed E-state index contributed by atoms with van der Waals surface area (Å²) < 4.78 is 52.9. The van der Waals surface area contributed by atoms with Crippen LogP contribution in [0, 0.1) is 0 Å². The van der Waals surface area contributed by atoms with Crippen molar-refractivity contribution in [3.05, 3.63) is 42.7 Å². The van der Waals surface area contributed by atoms with Gasteiger partial charge < -0.3 is 51.2 Å². The molecule has 23 heteroatoms. The largest absolute Gasteiger partial charge is 0.483 e. The molecule has 10 N–H and O–H groups in total. The van der Waals surface area contributed by atoms with E-state index in [1.54, 1.807) is 0 Å². The number of amides is 1. The maximum Gasteiger partial charge on any atom is 0.483 e. The van der Waals surface area contributed by atoms with Crippen molar-refractivity contribution < 1.29 is 71.5 Å². The first kappa shape index (κ1) is 32.4.